The van der Waals surface area contributed by atoms with Crippen molar-refractivity contribution >= 4 is 15.9 Å². The lowest BCUT2D eigenvalue weighted by Crippen LogP contribution is -2.31. The van der Waals surface area contributed by atoms with E-state index in [1.165, 1.54) is 5.56 Å². The lowest BCUT2D eigenvalue weighted by Gasteiger charge is -2.27. The average Bonchev–Trinajstić information content (AvgIpc) is 2.33. The smallest absolute Gasteiger partial charge is 0.0474 e. The van der Waals surface area contributed by atoms with Crippen LogP contribution in [-0.4, -0.2) is 38.8 Å². The summed E-state index contributed by atoms with van der Waals surface area (Å²) in [6.07, 6.45) is 1.03. The van der Waals surface area contributed by atoms with Crippen molar-refractivity contribution in [2.45, 2.75) is 12.5 Å². The van der Waals surface area contributed by atoms with E-state index in [1.807, 2.05) is 0 Å². The number of hydrogen-bond donors (Lipinski definition) is 1. The van der Waals surface area contributed by atoms with Crippen LogP contribution in [0.2, 0.25) is 0 Å². The first-order chi connectivity index (χ1) is 8.19. The Hall–Kier alpha value is -0.420. The van der Waals surface area contributed by atoms with E-state index >= 15 is 0 Å². The molecule has 0 aliphatic heterocycles. The van der Waals surface area contributed by atoms with Crippen LogP contribution in [0.1, 0.15) is 18.0 Å². The van der Waals surface area contributed by atoms with Crippen LogP contribution in [0, 0.1) is 0 Å². The lowest BCUT2D eigenvalue weighted by molar-refractivity contribution is 0.166. The number of ether oxygens (including phenoxy) is 1. The number of halogens is 1. The second-order valence-electron chi connectivity index (χ2n) is 4.13. The van der Waals surface area contributed by atoms with E-state index in [2.05, 4.69) is 52.1 Å². The van der Waals surface area contributed by atoms with E-state index < -0.39 is 0 Å². The van der Waals surface area contributed by atoms with Crippen LogP contribution in [0.3, 0.4) is 0 Å². The molecule has 1 aromatic carbocycles. The molecule has 17 heavy (non-hydrogen) atoms. The highest BCUT2D eigenvalue weighted by molar-refractivity contribution is 9.10. The predicted octanol–water partition coefficient (Wildman–Crippen LogP) is 2.42. The van der Waals surface area contributed by atoms with Gasteiger partial charge in [0.2, 0.25) is 0 Å². The Kier molecular flexibility index (Phi) is 6.73. The fourth-order valence-electron chi connectivity index (χ4n) is 1.87. The number of benzene rings is 1. The van der Waals surface area contributed by atoms with Gasteiger partial charge in [-0.1, -0.05) is 28.1 Å². The predicted molar refractivity (Wildman–Crippen MR) is 75.1 cm³/mol. The summed E-state index contributed by atoms with van der Waals surface area (Å²) in [4.78, 5) is 2.28. The van der Waals surface area contributed by atoms with Gasteiger partial charge in [-0.05, 0) is 31.2 Å². The maximum Gasteiger partial charge on any atom is 0.0474 e. The van der Waals surface area contributed by atoms with Crippen LogP contribution in [0.15, 0.2) is 28.7 Å². The molecule has 1 unspecified atom stereocenters. The lowest BCUT2D eigenvalue weighted by atomic mass is 10.1. The normalized spacial score (nSPS) is 13.0. The minimum absolute atomic E-state index is 0.278. The molecular formula is C13H21BrN2O. The highest BCUT2D eigenvalue weighted by Crippen LogP contribution is 2.20. The van der Waals surface area contributed by atoms with Gasteiger partial charge in [-0.25, -0.2) is 0 Å². The van der Waals surface area contributed by atoms with Crippen molar-refractivity contribution in [1.29, 1.82) is 0 Å². The molecule has 0 bridgehead atoms. The molecule has 0 saturated carbocycles. The molecule has 3 nitrogen and oxygen atoms in total. The third-order valence-electron chi connectivity index (χ3n) is 2.87. The van der Waals surface area contributed by atoms with Gasteiger partial charge in [0, 0.05) is 37.3 Å². The van der Waals surface area contributed by atoms with Crippen LogP contribution >= 0.6 is 15.9 Å². The van der Waals surface area contributed by atoms with Crippen molar-refractivity contribution in [1.82, 2.24) is 4.90 Å². The van der Waals surface area contributed by atoms with E-state index in [1.54, 1.807) is 7.11 Å². The van der Waals surface area contributed by atoms with Gasteiger partial charge in [0.05, 0.1) is 0 Å². The number of rotatable bonds is 7. The molecule has 0 aliphatic carbocycles. The summed E-state index contributed by atoms with van der Waals surface area (Å²) in [6.45, 7) is 2.42. The third-order valence-corrected chi connectivity index (χ3v) is 3.40. The van der Waals surface area contributed by atoms with Gasteiger partial charge >= 0.3 is 0 Å². The SMILES string of the molecule is COCCCN(C)C(CN)c1ccc(Br)cc1. The van der Waals surface area contributed by atoms with Crippen molar-refractivity contribution in [3.63, 3.8) is 0 Å². The quantitative estimate of drug-likeness (QED) is 0.786. The first-order valence-electron chi connectivity index (χ1n) is 5.83. The second kappa shape index (κ2) is 7.82. The molecule has 0 spiro atoms. The molecule has 0 aliphatic rings. The standard InChI is InChI=1S/C13H21BrN2O/c1-16(8-3-9-17-2)13(10-15)11-4-6-12(14)7-5-11/h4-7,13H,3,8-10,15H2,1-2H3. The molecule has 2 N–H and O–H groups in total. The second-order valence-corrected chi connectivity index (χ2v) is 5.05. The molecule has 0 radical (unpaired) electrons. The number of methoxy groups -OCH3 is 1. The van der Waals surface area contributed by atoms with Gasteiger partial charge in [0.15, 0.2) is 0 Å². The number of likely N-dealkylation sites (N-methyl/N-ethyl adjacent to an activating group) is 1. The van der Waals surface area contributed by atoms with Crippen molar-refractivity contribution in [2.24, 2.45) is 5.73 Å². The Morgan fingerprint density at radius 2 is 2.00 bits per heavy atom. The summed E-state index contributed by atoms with van der Waals surface area (Å²) in [5.41, 5.74) is 7.12. The van der Waals surface area contributed by atoms with Crippen molar-refractivity contribution in [3.8, 4) is 0 Å². The summed E-state index contributed by atoms with van der Waals surface area (Å²) in [5.74, 6) is 0. The largest absolute Gasteiger partial charge is 0.385 e. The van der Waals surface area contributed by atoms with Crippen LogP contribution in [-0.2, 0) is 4.74 Å². The molecule has 0 heterocycles. The van der Waals surface area contributed by atoms with Crippen LogP contribution in [0.4, 0.5) is 0 Å². The van der Waals surface area contributed by atoms with E-state index in [0.717, 1.165) is 24.0 Å². The number of nitrogens with two attached hydrogens (primary N) is 1. The zero-order chi connectivity index (χ0) is 12.7. The third kappa shape index (κ3) is 4.76. The molecule has 0 fully saturated rings. The summed E-state index contributed by atoms with van der Waals surface area (Å²) < 4.78 is 6.16. The Balaban J connectivity index is 2.60. The van der Waals surface area contributed by atoms with E-state index in [0.29, 0.717) is 6.54 Å². The maximum absolute atomic E-state index is 5.86. The van der Waals surface area contributed by atoms with Crippen LogP contribution < -0.4 is 5.73 Å². The zero-order valence-electron chi connectivity index (χ0n) is 10.5. The highest BCUT2D eigenvalue weighted by atomic mass is 79.9. The van der Waals surface area contributed by atoms with Crippen molar-refractivity contribution < 1.29 is 4.74 Å². The van der Waals surface area contributed by atoms with Gasteiger partial charge in [-0.15, -0.1) is 0 Å². The Labute approximate surface area is 112 Å². The minimum Gasteiger partial charge on any atom is -0.385 e. The van der Waals surface area contributed by atoms with Gasteiger partial charge in [-0.3, -0.25) is 4.90 Å². The molecule has 0 saturated heterocycles. The topological polar surface area (TPSA) is 38.5 Å². The Morgan fingerprint density at radius 3 is 2.53 bits per heavy atom. The minimum atomic E-state index is 0.278. The van der Waals surface area contributed by atoms with E-state index in [9.17, 15) is 0 Å². The zero-order valence-corrected chi connectivity index (χ0v) is 12.1. The summed E-state index contributed by atoms with van der Waals surface area (Å²) in [6, 6.07) is 8.63. The molecule has 96 valence electrons. The molecule has 1 aromatic rings. The van der Waals surface area contributed by atoms with Crippen molar-refractivity contribution in [2.75, 3.05) is 33.9 Å². The molecular weight excluding hydrogens is 280 g/mol. The summed E-state index contributed by atoms with van der Waals surface area (Å²) in [5, 5.41) is 0. The first kappa shape index (κ1) is 14.6. The molecule has 1 atom stereocenters. The Bertz CT molecular complexity index is 316. The van der Waals surface area contributed by atoms with Gasteiger partial charge in [0.25, 0.3) is 0 Å². The van der Waals surface area contributed by atoms with Crippen LogP contribution in [0.25, 0.3) is 0 Å². The van der Waals surface area contributed by atoms with Gasteiger partial charge < -0.3 is 10.5 Å². The number of nitrogens with zero attached hydrogens (tertiary/aromatic N) is 1. The van der Waals surface area contributed by atoms with Gasteiger partial charge in [-0.2, -0.15) is 0 Å². The maximum atomic E-state index is 5.86. The first-order valence-corrected chi connectivity index (χ1v) is 6.63. The van der Waals surface area contributed by atoms with Crippen molar-refractivity contribution in [3.05, 3.63) is 34.3 Å². The van der Waals surface area contributed by atoms with Crippen LogP contribution in [0.5, 0.6) is 0 Å². The molecule has 0 aromatic heterocycles. The average molecular weight is 301 g/mol. The summed E-state index contributed by atoms with van der Waals surface area (Å²) in [7, 11) is 3.84. The van der Waals surface area contributed by atoms with E-state index in [-0.39, 0.29) is 6.04 Å². The molecule has 4 heteroatoms. The fraction of sp³-hybridized carbons (Fsp3) is 0.538. The van der Waals surface area contributed by atoms with E-state index in [4.69, 9.17) is 10.5 Å². The molecule has 0 amide bonds. The summed E-state index contributed by atoms with van der Waals surface area (Å²) >= 11 is 3.44. The highest BCUT2D eigenvalue weighted by Gasteiger charge is 2.14. The monoisotopic (exact) mass is 300 g/mol. The Morgan fingerprint density at radius 1 is 1.35 bits per heavy atom. The number of hydrogen-bond acceptors (Lipinski definition) is 3. The van der Waals surface area contributed by atoms with Gasteiger partial charge in [0.1, 0.15) is 0 Å². The molecule has 1 rings (SSSR count). The fourth-order valence-corrected chi connectivity index (χ4v) is 2.13.